The number of hydrogen-bond donors (Lipinski definition) is 1. The van der Waals surface area contributed by atoms with E-state index in [0.29, 0.717) is 11.7 Å². The smallest absolute Gasteiger partial charge is 0.293 e. The fourth-order valence-corrected chi connectivity index (χ4v) is 2.40. The van der Waals surface area contributed by atoms with Crippen LogP contribution in [0.15, 0.2) is 22.7 Å². The summed E-state index contributed by atoms with van der Waals surface area (Å²) in [6.45, 7) is 1.95. The van der Waals surface area contributed by atoms with Gasteiger partial charge in [-0.15, -0.1) is 0 Å². The predicted molar refractivity (Wildman–Crippen MR) is 70.3 cm³/mol. The van der Waals surface area contributed by atoms with Gasteiger partial charge in [-0.25, -0.2) is 0 Å². The van der Waals surface area contributed by atoms with Crippen molar-refractivity contribution in [3.63, 3.8) is 0 Å². The van der Waals surface area contributed by atoms with Crippen LogP contribution < -0.4 is 5.32 Å². The number of nitrogens with zero attached hydrogens (tertiary/aromatic N) is 2. The molecular formula is C11H14BrN3O2. The van der Waals surface area contributed by atoms with E-state index in [-0.39, 0.29) is 10.6 Å². The van der Waals surface area contributed by atoms with Gasteiger partial charge in [-0.3, -0.25) is 10.1 Å². The molecule has 0 unspecified atom stereocenters. The van der Waals surface area contributed by atoms with Gasteiger partial charge in [0.25, 0.3) is 5.69 Å². The van der Waals surface area contributed by atoms with E-state index in [1.165, 1.54) is 6.07 Å². The zero-order valence-electron chi connectivity index (χ0n) is 9.52. The van der Waals surface area contributed by atoms with E-state index in [9.17, 15) is 10.1 Å². The Kier molecular flexibility index (Phi) is 3.63. The standard InChI is InChI=1S/C11H14BrN3O2/c1-14-5-4-9(7-14)13-10-3-2-8(12)6-11(10)15(16)17/h2-3,6,9,13H,4-5,7H2,1H3/t9-/m0/s1. The Morgan fingerprint density at radius 2 is 2.35 bits per heavy atom. The maximum atomic E-state index is 10.9. The summed E-state index contributed by atoms with van der Waals surface area (Å²) < 4.78 is 0.721. The first-order valence-electron chi connectivity index (χ1n) is 5.45. The Balaban J connectivity index is 2.17. The molecule has 17 heavy (non-hydrogen) atoms. The van der Waals surface area contributed by atoms with E-state index in [1.807, 2.05) is 6.07 Å². The number of nitro benzene ring substituents is 1. The van der Waals surface area contributed by atoms with Crippen molar-refractivity contribution in [3.8, 4) is 0 Å². The predicted octanol–water partition coefficient (Wildman–Crippen LogP) is 2.47. The molecule has 1 aliphatic heterocycles. The highest BCUT2D eigenvalue weighted by Gasteiger charge is 2.22. The molecule has 1 atom stereocenters. The zero-order valence-corrected chi connectivity index (χ0v) is 11.1. The summed E-state index contributed by atoms with van der Waals surface area (Å²) in [5.41, 5.74) is 0.715. The van der Waals surface area contributed by atoms with Gasteiger partial charge in [0.1, 0.15) is 5.69 Å². The van der Waals surface area contributed by atoms with Crippen molar-refractivity contribution in [2.75, 3.05) is 25.5 Å². The van der Waals surface area contributed by atoms with E-state index < -0.39 is 0 Å². The van der Waals surface area contributed by atoms with Crippen LogP contribution in [0.2, 0.25) is 0 Å². The van der Waals surface area contributed by atoms with E-state index in [0.717, 1.165) is 24.0 Å². The Labute approximate surface area is 108 Å². The van der Waals surface area contributed by atoms with Crippen molar-refractivity contribution >= 4 is 27.3 Å². The quantitative estimate of drug-likeness (QED) is 0.688. The minimum absolute atomic E-state index is 0.119. The van der Waals surface area contributed by atoms with Crippen LogP contribution in [0.1, 0.15) is 6.42 Å². The lowest BCUT2D eigenvalue weighted by molar-refractivity contribution is -0.384. The van der Waals surface area contributed by atoms with Crippen LogP contribution in [0.3, 0.4) is 0 Å². The molecular weight excluding hydrogens is 286 g/mol. The number of anilines is 1. The summed E-state index contributed by atoms with van der Waals surface area (Å²) in [6.07, 6.45) is 1.02. The Hall–Kier alpha value is -1.14. The van der Waals surface area contributed by atoms with Gasteiger partial charge in [-0.05, 0) is 32.1 Å². The molecule has 6 heteroatoms. The molecule has 0 amide bonds. The number of nitrogens with one attached hydrogen (secondary N) is 1. The first-order chi connectivity index (χ1) is 8.06. The van der Waals surface area contributed by atoms with E-state index in [4.69, 9.17) is 0 Å². The first kappa shape index (κ1) is 12.3. The molecule has 5 nitrogen and oxygen atoms in total. The first-order valence-corrected chi connectivity index (χ1v) is 6.24. The van der Waals surface area contributed by atoms with Gasteiger partial charge in [0.15, 0.2) is 0 Å². The van der Waals surface area contributed by atoms with Crippen LogP contribution in [0.25, 0.3) is 0 Å². The van der Waals surface area contributed by atoms with Crippen LogP contribution in [-0.2, 0) is 0 Å². The summed E-state index contributed by atoms with van der Waals surface area (Å²) in [6, 6.07) is 5.38. The van der Waals surface area contributed by atoms with Crippen LogP contribution in [0, 0.1) is 10.1 Å². The number of likely N-dealkylation sites (N-methyl/N-ethyl adjacent to an activating group) is 1. The highest BCUT2D eigenvalue weighted by Crippen LogP contribution is 2.29. The maximum absolute atomic E-state index is 10.9. The van der Waals surface area contributed by atoms with Gasteiger partial charge in [-0.2, -0.15) is 0 Å². The second-order valence-corrected chi connectivity index (χ2v) is 5.23. The van der Waals surface area contributed by atoms with Gasteiger partial charge in [0.2, 0.25) is 0 Å². The fraction of sp³-hybridized carbons (Fsp3) is 0.455. The van der Waals surface area contributed by atoms with Crippen molar-refractivity contribution in [1.82, 2.24) is 4.90 Å². The lowest BCUT2D eigenvalue weighted by Gasteiger charge is -2.14. The molecule has 1 saturated heterocycles. The number of likely N-dealkylation sites (tertiary alicyclic amines) is 1. The summed E-state index contributed by atoms with van der Waals surface area (Å²) in [5, 5.41) is 14.2. The van der Waals surface area contributed by atoms with Gasteiger partial charge in [0.05, 0.1) is 4.92 Å². The molecule has 1 aliphatic rings. The summed E-state index contributed by atoms with van der Waals surface area (Å²) >= 11 is 3.25. The van der Waals surface area contributed by atoms with Crippen molar-refractivity contribution < 1.29 is 4.92 Å². The minimum atomic E-state index is -0.355. The molecule has 0 aromatic heterocycles. The third-order valence-corrected chi connectivity index (χ3v) is 3.40. The molecule has 0 saturated carbocycles. The van der Waals surface area contributed by atoms with Crippen LogP contribution in [-0.4, -0.2) is 36.0 Å². The highest BCUT2D eigenvalue weighted by molar-refractivity contribution is 9.10. The second kappa shape index (κ2) is 5.01. The van der Waals surface area contributed by atoms with Gasteiger partial charge < -0.3 is 10.2 Å². The Morgan fingerprint density at radius 3 is 2.94 bits per heavy atom. The molecule has 1 N–H and O–H groups in total. The average molecular weight is 300 g/mol. The van der Waals surface area contributed by atoms with Crippen molar-refractivity contribution in [1.29, 1.82) is 0 Å². The third-order valence-electron chi connectivity index (χ3n) is 2.91. The lowest BCUT2D eigenvalue weighted by atomic mass is 10.2. The fourth-order valence-electron chi connectivity index (χ4n) is 2.05. The monoisotopic (exact) mass is 299 g/mol. The molecule has 1 aromatic rings. The number of hydrogen-bond acceptors (Lipinski definition) is 4. The number of rotatable bonds is 3. The van der Waals surface area contributed by atoms with Crippen molar-refractivity contribution in [2.24, 2.45) is 0 Å². The van der Waals surface area contributed by atoms with E-state index >= 15 is 0 Å². The molecule has 0 spiro atoms. The SMILES string of the molecule is CN1CC[C@H](Nc2ccc(Br)cc2[N+](=O)[O-])C1. The molecule has 1 aromatic carbocycles. The molecule has 2 rings (SSSR count). The normalized spacial score (nSPS) is 20.5. The lowest BCUT2D eigenvalue weighted by Crippen LogP contribution is -2.23. The van der Waals surface area contributed by atoms with E-state index in [1.54, 1.807) is 6.07 Å². The molecule has 1 heterocycles. The van der Waals surface area contributed by atoms with Crippen LogP contribution in [0.5, 0.6) is 0 Å². The molecule has 92 valence electrons. The molecule has 0 aliphatic carbocycles. The summed E-state index contributed by atoms with van der Waals surface area (Å²) in [5.74, 6) is 0. The highest BCUT2D eigenvalue weighted by atomic mass is 79.9. The zero-order chi connectivity index (χ0) is 12.4. The van der Waals surface area contributed by atoms with Crippen LogP contribution in [0.4, 0.5) is 11.4 Å². The molecule has 0 radical (unpaired) electrons. The van der Waals surface area contributed by atoms with Gasteiger partial charge >= 0.3 is 0 Å². The summed E-state index contributed by atoms with van der Waals surface area (Å²) in [7, 11) is 2.05. The molecule has 1 fully saturated rings. The average Bonchev–Trinajstić information content (AvgIpc) is 2.66. The molecule has 0 bridgehead atoms. The number of nitro groups is 1. The third kappa shape index (κ3) is 2.95. The van der Waals surface area contributed by atoms with Crippen molar-refractivity contribution in [3.05, 3.63) is 32.8 Å². The Bertz CT molecular complexity index is 439. The number of halogens is 1. The van der Waals surface area contributed by atoms with E-state index in [2.05, 4.69) is 33.2 Å². The maximum Gasteiger partial charge on any atom is 0.293 e. The number of benzene rings is 1. The Morgan fingerprint density at radius 1 is 1.59 bits per heavy atom. The largest absolute Gasteiger partial charge is 0.375 e. The minimum Gasteiger partial charge on any atom is -0.375 e. The van der Waals surface area contributed by atoms with Gasteiger partial charge in [0, 0.05) is 23.1 Å². The van der Waals surface area contributed by atoms with Crippen LogP contribution >= 0.6 is 15.9 Å². The second-order valence-electron chi connectivity index (χ2n) is 4.31. The van der Waals surface area contributed by atoms with Gasteiger partial charge in [-0.1, -0.05) is 15.9 Å². The summed E-state index contributed by atoms with van der Waals surface area (Å²) in [4.78, 5) is 12.8. The topological polar surface area (TPSA) is 58.4 Å². The van der Waals surface area contributed by atoms with Crippen molar-refractivity contribution in [2.45, 2.75) is 12.5 Å².